The van der Waals surface area contributed by atoms with Crippen molar-refractivity contribution < 1.29 is 4.79 Å². The number of carbonyl (C=O) groups excluding carboxylic acids is 1. The number of hydrogen-bond donors (Lipinski definition) is 2. The van der Waals surface area contributed by atoms with Gasteiger partial charge in [0.05, 0.1) is 0 Å². The second-order valence-electron chi connectivity index (χ2n) is 6.95. The van der Waals surface area contributed by atoms with E-state index in [0.29, 0.717) is 18.5 Å². The molecule has 1 saturated carbocycles. The zero-order valence-electron chi connectivity index (χ0n) is 15.2. The molecule has 2 fully saturated rings. The van der Waals surface area contributed by atoms with Crippen LogP contribution >= 0.6 is 24.8 Å². The van der Waals surface area contributed by atoms with Gasteiger partial charge in [0.25, 0.3) is 0 Å². The fourth-order valence-corrected chi connectivity index (χ4v) is 3.56. The summed E-state index contributed by atoms with van der Waals surface area (Å²) in [5, 5.41) is 3.17. The number of pyridine rings is 1. The molecule has 1 aliphatic heterocycles. The van der Waals surface area contributed by atoms with E-state index in [1.165, 1.54) is 0 Å². The number of nitrogens with one attached hydrogen (secondary N) is 1. The van der Waals surface area contributed by atoms with Crippen molar-refractivity contribution in [2.75, 3.05) is 37.6 Å². The Morgan fingerprint density at radius 1 is 1.12 bits per heavy atom. The Kier molecular flexibility index (Phi) is 10.2. The van der Waals surface area contributed by atoms with Gasteiger partial charge < -0.3 is 16.0 Å². The van der Waals surface area contributed by atoms with E-state index in [4.69, 9.17) is 5.73 Å². The highest BCUT2D eigenvalue weighted by Gasteiger charge is 2.21. The minimum absolute atomic E-state index is 0. The van der Waals surface area contributed by atoms with Crippen molar-refractivity contribution in [3.8, 4) is 0 Å². The van der Waals surface area contributed by atoms with Gasteiger partial charge in [-0.3, -0.25) is 9.69 Å². The summed E-state index contributed by atoms with van der Waals surface area (Å²) in [5.41, 5.74) is 5.91. The second kappa shape index (κ2) is 11.6. The Labute approximate surface area is 168 Å². The summed E-state index contributed by atoms with van der Waals surface area (Å²) in [7, 11) is 0. The van der Waals surface area contributed by atoms with Gasteiger partial charge in [0, 0.05) is 57.4 Å². The molecule has 0 bridgehead atoms. The molecule has 0 aromatic carbocycles. The number of aromatic nitrogens is 1. The predicted molar refractivity (Wildman–Crippen MR) is 110 cm³/mol. The zero-order valence-corrected chi connectivity index (χ0v) is 16.8. The van der Waals surface area contributed by atoms with Crippen LogP contribution in [0.4, 0.5) is 5.82 Å². The monoisotopic (exact) mass is 403 g/mol. The quantitative estimate of drug-likeness (QED) is 0.783. The molecule has 148 valence electrons. The van der Waals surface area contributed by atoms with Gasteiger partial charge in [0.2, 0.25) is 5.91 Å². The lowest BCUT2D eigenvalue weighted by Crippen LogP contribution is -2.48. The molecule has 1 aromatic heterocycles. The number of anilines is 1. The van der Waals surface area contributed by atoms with Gasteiger partial charge in [-0.05, 0) is 37.8 Å². The molecule has 0 unspecified atom stereocenters. The average molecular weight is 404 g/mol. The number of hydrogen-bond acceptors (Lipinski definition) is 5. The van der Waals surface area contributed by atoms with E-state index in [1.54, 1.807) is 0 Å². The third-order valence-electron chi connectivity index (χ3n) is 5.14. The van der Waals surface area contributed by atoms with Crippen LogP contribution in [0.1, 0.15) is 32.1 Å². The van der Waals surface area contributed by atoms with Crippen LogP contribution in [-0.4, -0.2) is 60.6 Å². The molecule has 1 saturated heterocycles. The Bertz CT molecular complexity index is 518. The van der Waals surface area contributed by atoms with Crippen molar-refractivity contribution in [1.29, 1.82) is 0 Å². The highest BCUT2D eigenvalue weighted by Crippen LogP contribution is 2.17. The Morgan fingerprint density at radius 2 is 1.81 bits per heavy atom. The van der Waals surface area contributed by atoms with Crippen molar-refractivity contribution in [2.24, 2.45) is 5.73 Å². The smallest absolute Gasteiger partial charge is 0.221 e. The molecule has 26 heavy (non-hydrogen) atoms. The van der Waals surface area contributed by atoms with Crippen molar-refractivity contribution in [2.45, 2.75) is 44.2 Å². The first-order valence-electron chi connectivity index (χ1n) is 9.14. The summed E-state index contributed by atoms with van der Waals surface area (Å²) in [6.07, 6.45) is 6.53. The molecule has 1 aromatic rings. The highest BCUT2D eigenvalue weighted by molar-refractivity contribution is 5.85. The molecular formula is C18H31Cl2N5O. The maximum Gasteiger partial charge on any atom is 0.221 e. The van der Waals surface area contributed by atoms with Crippen LogP contribution < -0.4 is 16.0 Å². The van der Waals surface area contributed by atoms with Gasteiger partial charge in [0.1, 0.15) is 5.82 Å². The Balaban J connectivity index is 0.00000169. The molecule has 0 atom stereocenters. The van der Waals surface area contributed by atoms with Crippen LogP contribution in [-0.2, 0) is 4.79 Å². The fourth-order valence-electron chi connectivity index (χ4n) is 3.56. The molecule has 6 nitrogen and oxygen atoms in total. The first-order chi connectivity index (χ1) is 11.7. The number of rotatable bonds is 5. The molecule has 2 aliphatic rings. The molecule has 3 N–H and O–H groups in total. The van der Waals surface area contributed by atoms with E-state index in [9.17, 15) is 4.79 Å². The second-order valence-corrected chi connectivity index (χ2v) is 6.95. The van der Waals surface area contributed by atoms with Gasteiger partial charge in [-0.25, -0.2) is 4.98 Å². The van der Waals surface area contributed by atoms with Crippen molar-refractivity contribution in [3.63, 3.8) is 0 Å². The summed E-state index contributed by atoms with van der Waals surface area (Å²) in [6.45, 7) is 4.76. The van der Waals surface area contributed by atoms with E-state index >= 15 is 0 Å². The maximum absolute atomic E-state index is 12.1. The number of piperazine rings is 1. The highest BCUT2D eigenvalue weighted by atomic mass is 35.5. The fraction of sp³-hybridized carbons (Fsp3) is 0.667. The van der Waals surface area contributed by atoms with Gasteiger partial charge in [-0.15, -0.1) is 24.8 Å². The third kappa shape index (κ3) is 6.91. The third-order valence-corrected chi connectivity index (χ3v) is 5.14. The Hall–Kier alpha value is -1.08. The number of nitrogens with zero attached hydrogens (tertiary/aromatic N) is 3. The van der Waals surface area contributed by atoms with E-state index in [1.807, 2.05) is 18.3 Å². The first kappa shape index (κ1) is 23.0. The number of nitrogens with two attached hydrogens (primary N) is 1. The SMILES string of the molecule is Cl.Cl.NC1CCC(NC(=O)CCN2CCN(c3ccccn3)CC2)CC1. The molecule has 2 heterocycles. The topological polar surface area (TPSA) is 74.5 Å². The molecule has 0 radical (unpaired) electrons. The first-order valence-corrected chi connectivity index (χ1v) is 9.14. The van der Waals surface area contributed by atoms with E-state index in [0.717, 1.165) is 64.2 Å². The van der Waals surface area contributed by atoms with E-state index < -0.39 is 0 Å². The average Bonchev–Trinajstić information content (AvgIpc) is 2.63. The summed E-state index contributed by atoms with van der Waals surface area (Å²) in [4.78, 5) is 21.2. The number of carbonyl (C=O) groups is 1. The normalized spacial score (nSPS) is 23.5. The van der Waals surface area contributed by atoms with Crippen LogP contribution in [0.2, 0.25) is 0 Å². The minimum atomic E-state index is 0. The lowest BCUT2D eigenvalue weighted by atomic mass is 9.92. The van der Waals surface area contributed by atoms with Gasteiger partial charge >= 0.3 is 0 Å². The molecule has 8 heteroatoms. The minimum Gasteiger partial charge on any atom is -0.354 e. The maximum atomic E-state index is 12.1. The van der Waals surface area contributed by atoms with Crippen LogP contribution in [0.15, 0.2) is 24.4 Å². The number of halogens is 2. The van der Waals surface area contributed by atoms with E-state index in [2.05, 4.69) is 26.2 Å². The van der Waals surface area contributed by atoms with Crippen LogP contribution in [0.5, 0.6) is 0 Å². The van der Waals surface area contributed by atoms with E-state index in [-0.39, 0.29) is 30.7 Å². The molecular weight excluding hydrogens is 373 g/mol. The molecule has 1 aliphatic carbocycles. The summed E-state index contributed by atoms with van der Waals surface area (Å²) in [5.74, 6) is 1.23. The lowest BCUT2D eigenvalue weighted by molar-refractivity contribution is -0.122. The molecule has 3 rings (SSSR count). The van der Waals surface area contributed by atoms with Crippen LogP contribution in [0, 0.1) is 0 Å². The van der Waals surface area contributed by atoms with Crippen LogP contribution in [0.25, 0.3) is 0 Å². The standard InChI is InChI=1S/C18H29N5O.2ClH/c19-15-4-6-16(7-5-15)21-18(24)8-10-22-11-13-23(14-12-22)17-3-1-2-9-20-17;;/h1-3,9,15-16H,4-8,10-14,19H2,(H,21,24);2*1H. The van der Waals surface area contributed by atoms with Crippen molar-refractivity contribution in [1.82, 2.24) is 15.2 Å². The Morgan fingerprint density at radius 3 is 2.42 bits per heavy atom. The molecule has 0 spiro atoms. The summed E-state index contributed by atoms with van der Waals surface area (Å²) < 4.78 is 0. The lowest BCUT2D eigenvalue weighted by Gasteiger charge is -2.35. The van der Waals surface area contributed by atoms with Gasteiger partial charge in [0.15, 0.2) is 0 Å². The van der Waals surface area contributed by atoms with Gasteiger partial charge in [-0.1, -0.05) is 6.07 Å². The van der Waals surface area contributed by atoms with Crippen molar-refractivity contribution in [3.05, 3.63) is 24.4 Å². The largest absolute Gasteiger partial charge is 0.354 e. The van der Waals surface area contributed by atoms with Crippen LogP contribution in [0.3, 0.4) is 0 Å². The predicted octanol–water partition coefficient (Wildman–Crippen LogP) is 1.82. The molecule has 1 amide bonds. The summed E-state index contributed by atoms with van der Waals surface area (Å²) >= 11 is 0. The van der Waals surface area contributed by atoms with Crippen molar-refractivity contribution >= 4 is 36.5 Å². The van der Waals surface area contributed by atoms with Gasteiger partial charge in [-0.2, -0.15) is 0 Å². The summed E-state index contributed by atoms with van der Waals surface area (Å²) in [6, 6.07) is 6.68. The zero-order chi connectivity index (χ0) is 16.8. The number of amides is 1.